The van der Waals surface area contributed by atoms with E-state index >= 15 is 0 Å². The largest absolute Gasteiger partial charge is 0.480 e. The molecule has 0 amide bonds. The predicted molar refractivity (Wildman–Crippen MR) is 47.5 cm³/mol. The van der Waals surface area contributed by atoms with Crippen LogP contribution in [0.25, 0.3) is 0 Å². The number of hydrogen-bond acceptors (Lipinski definition) is 2. The van der Waals surface area contributed by atoms with Crippen molar-refractivity contribution in [2.24, 2.45) is 5.73 Å². The summed E-state index contributed by atoms with van der Waals surface area (Å²) in [5, 5.41) is 8.63. The first-order chi connectivity index (χ1) is 5.50. The molecule has 0 fully saturated rings. The second-order valence-corrected chi connectivity index (χ2v) is 3.13. The molecule has 68 valence electrons. The molecule has 0 aliphatic heterocycles. The highest BCUT2D eigenvalue weighted by atomic mass is 16.4. The van der Waals surface area contributed by atoms with Crippen LogP contribution in [0, 0.1) is 12.3 Å². The standard InChI is InChI=1S/C9H15NO2/c1-3-4-5-6-7-9(2,10)8(11)12/h1H,4-7,10H2,2H3,(H,11,12)/t9-/m0/s1. The molecule has 0 aliphatic carbocycles. The van der Waals surface area contributed by atoms with E-state index in [-0.39, 0.29) is 0 Å². The summed E-state index contributed by atoms with van der Waals surface area (Å²) in [6.07, 6.45) is 7.82. The summed E-state index contributed by atoms with van der Waals surface area (Å²) in [6.45, 7) is 1.52. The van der Waals surface area contributed by atoms with Crippen molar-refractivity contribution in [3.8, 4) is 12.3 Å². The van der Waals surface area contributed by atoms with E-state index in [0.29, 0.717) is 12.8 Å². The molecule has 0 aromatic heterocycles. The number of carboxylic acid groups (broad SMARTS) is 1. The van der Waals surface area contributed by atoms with Crippen molar-refractivity contribution in [2.45, 2.75) is 38.1 Å². The number of unbranched alkanes of at least 4 members (excludes halogenated alkanes) is 2. The van der Waals surface area contributed by atoms with Crippen LogP contribution in [-0.2, 0) is 4.79 Å². The zero-order valence-electron chi connectivity index (χ0n) is 7.34. The maximum absolute atomic E-state index is 10.5. The molecule has 1 atom stereocenters. The van der Waals surface area contributed by atoms with Gasteiger partial charge in [0.05, 0.1) is 0 Å². The van der Waals surface area contributed by atoms with Crippen LogP contribution in [0.4, 0.5) is 0 Å². The van der Waals surface area contributed by atoms with Crippen molar-refractivity contribution in [1.82, 2.24) is 0 Å². The Morgan fingerprint density at radius 3 is 2.67 bits per heavy atom. The monoisotopic (exact) mass is 169 g/mol. The average molecular weight is 169 g/mol. The van der Waals surface area contributed by atoms with Crippen LogP contribution in [0.5, 0.6) is 0 Å². The minimum atomic E-state index is -1.10. The fraction of sp³-hybridized carbons (Fsp3) is 0.667. The highest BCUT2D eigenvalue weighted by Gasteiger charge is 2.26. The average Bonchev–Trinajstić information content (AvgIpc) is 1.98. The first kappa shape index (κ1) is 11.0. The molecule has 0 saturated carbocycles. The zero-order chi connectivity index (χ0) is 9.61. The van der Waals surface area contributed by atoms with E-state index in [1.165, 1.54) is 6.92 Å². The van der Waals surface area contributed by atoms with Gasteiger partial charge in [-0.25, -0.2) is 0 Å². The van der Waals surface area contributed by atoms with E-state index in [1.807, 2.05) is 0 Å². The molecule has 0 aromatic carbocycles. The van der Waals surface area contributed by atoms with Crippen LogP contribution in [0.2, 0.25) is 0 Å². The van der Waals surface area contributed by atoms with Gasteiger partial charge in [-0.2, -0.15) is 0 Å². The minimum absolute atomic E-state index is 0.476. The second-order valence-electron chi connectivity index (χ2n) is 3.13. The number of hydrogen-bond donors (Lipinski definition) is 2. The molecule has 3 nitrogen and oxygen atoms in total. The van der Waals surface area contributed by atoms with Gasteiger partial charge in [0.2, 0.25) is 0 Å². The van der Waals surface area contributed by atoms with E-state index in [1.54, 1.807) is 0 Å². The summed E-state index contributed by atoms with van der Waals surface area (Å²) in [6, 6.07) is 0. The van der Waals surface area contributed by atoms with Crippen LogP contribution in [0.15, 0.2) is 0 Å². The first-order valence-electron chi connectivity index (χ1n) is 3.96. The van der Waals surface area contributed by atoms with Gasteiger partial charge in [-0.05, 0) is 19.8 Å². The third-order valence-electron chi connectivity index (χ3n) is 1.76. The lowest BCUT2D eigenvalue weighted by molar-refractivity contribution is -0.142. The normalized spacial score (nSPS) is 14.8. The number of carbonyl (C=O) groups is 1. The van der Waals surface area contributed by atoms with Gasteiger partial charge in [0.1, 0.15) is 5.54 Å². The summed E-state index contributed by atoms with van der Waals surface area (Å²) in [5.41, 5.74) is 4.39. The van der Waals surface area contributed by atoms with E-state index in [0.717, 1.165) is 12.8 Å². The molecule has 0 bridgehead atoms. The summed E-state index contributed by atoms with van der Waals surface area (Å²) >= 11 is 0. The molecule has 0 aliphatic rings. The van der Waals surface area contributed by atoms with E-state index in [4.69, 9.17) is 17.3 Å². The minimum Gasteiger partial charge on any atom is -0.480 e. The molecule has 0 saturated heterocycles. The van der Waals surface area contributed by atoms with Gasteiger partial charge < -0.3 is 10.8 Å². The fourth-order valence-electron chi connectivity index (χ4n) is 0.826. The second kappa shape index (κ2) is 4.78. The molecular weight excluding hydrogens is 154 g/mol. The number of rotatable bonds is 5. The molecule has 0 spiro atoms. The van der Waals surface area contributed by atoms with Crippen LogP contribution in [-0.4, -0.2) is 16.6 Å². The van der Waals surface area contributed by atoms with Gasteiger partial charge in [0.25, 0.3) is 0 Å². The third kappa shape index (κ3) is 3.99. The summed E-state index contributed by atoms with van der Waals surface area (Å²) < 4.78 is 0. The molecule has 0 heterocycles. The number of nitrogens with two attached hydrogens (primary N) is 1. The maximum Gasteiger partial charge on any atom is 0.323 e. The Morgan fingerprint density at radius 1 is 1.67 bits per heavy atom. The van der Waals surface area contributed by atoms with Crippen LogP contribution < -0.4 is 5.73 Å². The van der Waals surface area contributed by atoms with Crippen LogP contribution >= 0.6 is 0 Å². The summed E-state index contributed by atoms with van der Waals surface area (Å²) in [4.78, 5) is 10.5. The SMILES string of the molecule is C#CCCCC[C@](C)(N)C(=O)O. The molecule has 12 heavy (non-hydrogen) atoms. The zero-order valence-corrected chi connectivity index (χ0v) is 7.34. The number of carboxylic acids is 1. The smallest absolute Gasteiger partial charge is 0.323 e. The Labute approximate surface area is 73.0 Å². The van der Waals surface area contributed by atoms with Gasteiger partial charge in [-0.15, -0.1) is 12.3 Å². The lowest BCUT2D eigenvalue weighted by atomic mass is 9.96. The molecule has 0 rings (SSSR count). The van der Waals surface area contributed by atoms with Crippen LogP contribution in [0.3, 0.4) is 0 Å². The summed E-state index contributed by atoms with van der Waals surface area (Å²) in [7, 11) is 0. The van der Waals surface area contributed by atoms with Gasteiger partial charge >= 0.3 is 5.97 Å². The molecule has 0 radical (unpaired) electrons. The number of terminal acetylenes is 1. The Balaban J connectivity index is 3.63. The number of aliphatic carboxylic acids is 1. The predicted octanol–water partition coefficient (Wildman–Crippen LogP) is 0.982. The van der Waals surface area contributed by atoms with Crippen molar-refractivity contribution in [2.75, 3.05) is 0 Å². The molecule has 0 aromatic rings. The van der Waals surface area contributed by atoms with Crippen molar-refractivity contribution in [3.05, 3.63) is 0 Å². The lowest BCUT2D eigenvalue weighted by Crippen LogP contribution is -2.44. The summed E-state index contributed by atoms with van der Waals surface area (Å²) in [5.74, 6) is 1.54. The lowest BCUT2D eigenvalue weighted by Gasteiger charge is -2.18. The molecule has 3 heteroatoms. The fourth-order valence-corrected chi connectivity index (χ4v) is 0.826. The molecule has 0 unspecified atom stereocenters. The van der Waals surface area contributed by atoms with Gasteiger partial charge in [-0.3, -0.25) is 4.79 Å². The Morgan fingerprint density at radius 2 is 2.25 bits per heavy atom. The van der Waals surface area contributed by atoms with Gasteiger partial charge in [0.15, 0.2) is 0 Å². The van der Waals surface area contributed by atoms with Crippen molar-refractivity contribution in [1.29, 1.82) is 0 Å². The highest BCUT2D eigenvalue weighted by Crippen LogP contribution is 2.11. The van der Waals surface area contributed by atoms with Crippen molar-refractivity contribution in [3.63, 3.8) is 0 Å². The quantitative estimate of drug-likeness (QED) is 0.476. The van der Waals surface area contributed by atoms with Gasteiger partial charge in [-0.1, -0.05) is 6.42 Å². The first-order valence-corrected chi connectivity index (χ1v) is 3.96. The Bertz CT molecular complexity index is 191. The molecule has 3 N–H and O–H groups in total. The van der Waals surface area contributed by atoms with E-state index < -0.39 is 11.5 Å². The van der Waals surface area contributed by atoms with Crippen LogP contribution in [0.1, 0.15) is 32.6 Å². The van der Waals surface area contributed by atoms with Crippen molar-refractivity contribution >= 4 is 5.97 Å². The third-order valence-corrected chi connectivity index (χ3v) is 1.76. The van der Waals surface area contributed by atoms with Gasteiger partial charge in [0, 0.05) is 6.42 Å². The van der Waals surface area contributed by atoms with E-state index in [9.17, 15) is 4.79 Å². The maximum atomic E-state index is 10.5. The topological polar surface area (TPSA) is 63.3 Å². The Hall–Kier alpha value is -1.01. The molecular formula is C9H15NO2. The highest BCUT2D eigenvalue weighted by molar-refractivity contribution is 5.77. The van der Waals surface area contributed by atoms with Crippen molar-refractivity contribution < 1.29 is 9.90 Å². The Kier molecular flexibility index (Phi) is 4.38. The van der Waals surface area contributed by atoms with E-state index in [2.05, 4.69) is 5.92 Å².